The molecule has 1 aliphatic carbocycles. The maximum absolute atomic E-state index is 13.7. The zero-order valence-corrected chi connectivity index (χ0v) is 9.09. The van der Waals surface area contributed by atoms with Gasteiger partial charge in [-0.2, -0.15) is 0 Å². The molecule has 0 aliphatic heterocycles. The standard InChI is InChI=1S/C12H16FNO/c1-14-12(8-3-4-8)10-6-5-9(15-2)7-11(10)13/h5-8,12,14H,3-4H2,1-2H3. The fraction of sp³-hybridized carbons (Fsp3) is 0.500. The molecule has 0 amide bonds. The minimum Gasteiger partial charge on any atom is -0.497 e. The third-order valence-corrected chi connectivity index (χ3v) is 2.95. The third kappa shape index (κ3) is 2.12. The number of benzene rings is 1. The van der Waals surface area contributed by atoms with E-state index in [0.29, 0.717) is 11.7 Å². The van der Waals surface area contributed by atoms with Crippen molar-refractivity contribution in [3.63, 3.8) is 0 Å². The van der Waals surface area contributed by atoms with Crippen LogP contribution in [0.25, 0.3) is 0 Å². The molecule has 2 nitrogen and oxygen atoms in total. The number of halogens is 1. The van der Waals surface area contributed by atoms with Crippen molar-refractivity contribution in [1.29, 1.82) is 0 Å². The molecular formula is C12H16FNO. The Labute approximate surface area is 89.4 Å². The lowest BCUT2D eigenvalue weighted by molar-refractivity contribution is 0.408. The predicted molar refractivity (Wildman–Crippen MR) is 57.5 cm³/mol. The molecular weight excluding hydrogens is 193 g/mol. The normalized spacial score (nSPS) is 17.5. The Hall–Kier alpha value is -1.09. The summed E-state index contributed by atoms with van der Waals surface area (Å²) in [7, 11) is 3.43. The molecule has 0 saturated heterocycles. The second kappa shape index (κ2) is 4.19. The van der Waals surface area contributed by atoms with Gasteiger partial charge in [0, 0.05) is 17.7 Å². The van der Waals surface area contributed by atoms with E-state index in [1.54, 1.807) is 7.11 Å². The number of methoxy groups -OCH3 is 1. The van der Waals surface area contributed by atoms with E-state index in [2.05, 4.69) is 5.32 Å². The van der Waals surface area contributed by atoms with E-state index in [9.17, 15) is 4.39 Å². The largest absolute Gasteiger partial charge is 0.497 e. The summed E-state index contributed by atoms with van der Waals surface area (Å²) in [4.78, 5) is 0. The Morgan fingerprint density at radius 1 is 1.47 bits per heavy atom. The average Bonchev–Trinajstić information content (AvgIpc) is 3.05. The first-order chi connectivity index (χ1) is 7.26. The highest BCUT2D eigenvalue weighted by molar-refractivity contribution is 5.31. The van der Waals surface area contributed by atoms with Crippen LogP contribution in [0.3, 0.4) is 0 Å². The number of nitrogens with one attached hydrogen (secondary N) is 1. The number of rotatable bonds is 4. The summed E-state index contributed by atoms with van der Waals surface area (Å²) in [5.41, 5.74) is 0.751. The van der Waals surface area contributed by atoms with Gasteiger partial charge in [-0.25, -0.2) is 4.39 Å². The van der Waals surface area contributed by atoms with E-state index in [-0.39, 0.29) is 11.9 Å². The molecule has 15 heavy (non-hydrogen) atoms. The summed E-state index contributed by atoms with van der Waals surface area (Å²) in [6.07, 6.45) is 2.38. The Balaban J connectivity index is 2.26. The van der Waals surface area contributed by atoms with Gasteiger partial charge in [0.05, 0.1) is 7.11 Å². The lowest BCUT2D eigenvalue weighted by atomic mass is 10.0. The Bertz CT molecular complexity index is 349. The average molecular weight is 209 g/mol. The van der Waals surface area contributed by atoms with E-state index in [1.807, 2.05) is 19.2 Å². The minimum absolute atomic E-state index is 0.149. The van der Waals surface area contributed by atoms with E-state index in [0.717, 1.165) is 5.56 Å². The van der Waals surface area contributed by atoms with Crippen LogP contribution in [-0.4, -0.2) is 14.2 Å². The first-order valence-corrected chi connectivity index (χ1v) is 5.27. The molecule has 3 heteroatoms. The van der Waals surface area contributed by atoms with E-state index in [4.69, 9.17) is 4.74 Å². The molecule has 1 atom stereocenters. The summed E-state index contributed by atoms with van der Waals surface area (Å²) in [5, 5.41) is 3.18. The predicted octanol–water partition coefficient (Wildman–Crippen LogP) is 2.50. The number of hydrogen-bond acceptors (Lipinski definition) is 2. The summed E-state index contributed by atoms with van der Waals surface area (Å²) >= 11 is 0. The van der Waals surface area contributed by atoms with Crippen molar-refractivity contribution in [3.8, 4) is 5.75 Å². The molecule has 1 fully saturated rings. The summed E-state index contributed by atoms with van der Waals surface area (Å²) in [5.74, 6) is 0.986. The highest BCUT2D eigenvalue weighted by Gasteiger charge is 2.32. The molecule has 0 heterocycles. The van der Waals surface area contributed by atoms with Crippen molar-refractivity contribution >= 4 is 0 Å². The Morgan fingerprint density at radius 3 is 2.67 bits per heavy atom. The van der Waals surface area contributed by atoms with Crippen molar-refractivity contribution < 1.29 is 9.13 Å². The van der Waals surface area contributed by atoms with Crippen molar-refractivity contribution in [2.24, 2.45) is 5.92 Å². The van der Waals surface area contributed by atoms with Crippen LogP contribution in [-0.2, 0) is 0 Å². The first-order valence-electron chi connectivity index (χ1n) is 5.27. The lowest BCUT2D eigenvalue weighted by Crippen LogP contribution is -2.19. The fourth-order valence-corrected chi connectivity index (χ4v) is 1.96. The van der Waals surface area contributed by atoms with Crippen molar-refractivity contribution in [3.05, 3.63) is 29.6 Å². The van der Waals surface area contributed by atoms with Gasteiger partial charge in [-0.3, -0.25) is 0 Å². The quantitative estimate of drug-likeness (QED) is 0.822. The van der Waals surface area contributed by atoms with Crippen LogP contribution in [0.4, 0.5) is 4.39 Å². The van der Waals surface area contributed by atoms with Crippen LogP contribution in [0, 0.1) is 11.7 Å². The van der Waals surface area contributed by atoms with E-state index < -0.39 is 0 Å². The monoisotopic (exact) mass is 209 g/mol. The molecule has 0 spiro atoms. The van der Waals surface area contributed by atoms with Gasteiger partial charge in [-0.05, 0) is 31.9 Å². The molecule has 1 unspecified atom stereocenters. The third-order valence-electron chi connectivity index (χ3n) is 2.95. The van der Waals surface area contributed by atoms with Crippen molar-refractivity contribution in [2.75, 3.05) is 14.2 Å². The second-order valence-electron chi connectivity index (χ2n) is 3.99. The molecule has 0 aromatic heterocycles. The molecule has 1 saturated carbocycles. The zero-order valence-electron chi connectivity index (χ0n) is 9.09. The second-order valence-corrected chi connectivity index (χ2v) is 3.99. The highest BCUT2D eigenvalue weighted by atomic mass is 19.1. The van der Waals surface area contributed by atoms with Crippen LogP contribution in [0.5, 0.6) is 5.75 Å². The molecule has 82 valence electrons. The van der Waals surface area contributed by atoms with Crippen LogP contribution in [0.1, 0.15) is 24.4 Å². The molecule has 1 aromatic rings. The zero-order chi connectivity index (χ0) is 10.8. The van der Waals surface area contributed by atoms with Crippen LogP contribution < -0.4 is 10.1 Å². The fourth-order valence-electron chi connectivity index (χ4n) is 1.96. The first kappa shape index (κ1) is 10.4. The summed E-state index contributed by atoms with van der Waals surface area (Å²) in [6, 6.07) is 5.22. The molecule has 0 bridgehead atoms. The highest BCUT2D eigenvalue weighted by Crippen LogP contribution is 2.41. The smallest absolute Gasteiger partial charge is 0.131 e. The van der Waals surface area contributed by atoms with Crippen LogP contribution in [0.2, 0.25) is 0 Å². The minimum atomic E-state index is -0.180. The summed E-state index contributed by atoms with van der Waals surface area (Å²) in [6.45, 7) is 0. The lowest BCUT2D eigenvalue weighted by Gasteiger charge is -2.16. The maximum Gasteiger partial charge on any atom is 0.131 e. The SMILES string of the molecule is CNC(c1ccc(OC)cc1F)C1CC1. The van der Waals surface area contributed by atoms with Gasteiger partial charge < -0.3 is 10.1 Å². The van der Waals surface area contributed by atoms with E-state index >= 15 is 0 Å². The van der Waals surface area contributed by atoms with Gasteiger partial charge in [-0.15, -0.1) is 0 Å². The van der Waals surface area contributed by atoms with Crippen LogP contribution in [0.15, 0.2) is 18.2 Å². The van der Waals surface area contributed by atoms with Gasteiger partial charge >= 0.3 is 0 Å². The topological polar surface area (TPSA) is 21.3 Å². The van der Waals surface area contributed by atoms with Crippen molar-refractivity contribution in [1.82, 2.24) is 5.32 Å². The van der Waals surface area contributed by atoms with E-state index in [1.165, 1.54) is 18.9 Å². The maximum atomic E-state index is 13.7. The molecule has 1 N–H and O–H groups in total. The molecule has 1 aromatic carbocycles. The summed E-state index contributed by atoms with van der Waals surface area (Å²) < 4.78 is 18.7. The molecule has 2 rings (SSSR count). The Kier molecular flexibility index (Phi) is 2.91. The molecule has 1 aliphatic rings. The van der Waals surface area contributed by atoms with Crippen LogP contribution >= 0.6 is 0 Å². The number of hydrogen-bond donors (Lipinski definition) is 1. The molecule has 0 radical (unpaired) electrons. The van der Waals surface area contributed by atoms with Gasteiger partial charge in [-0.1, -0.05) is 6.07 Å². The number of ether oxygens (including phenoxy) is 1. The van der Waals surface area contributed by atoms with Gasteiger partial charge in [0.25, 0.3) is 0 Å². The van der Waals surface area contributed by atoms with Gasteiger partial charge in [0.15, 0.2) is 0 Å². The van der Waals surface area contributed by atoms with Crippen molar-refractivity contribution in [2.45, 2.75) is 18.9 Å². The van der Waals surface area contributed by atoms with Gasteiger partial charge in [0.2, 0.25) is 0 Å². The van der Waals surface area contributed by atoms with Gasteiger partial charge in [0.1, 0.15) is 11.6 Å². The Morgan fingerprint density at radius 2 is 2.20 bits per heavy atom.